The molecule has 0 atom stereocenters. The topological polar surface area (TPSA) is 0 Å². The Labute approximate surface area is 309 Å². The zero-order valence-corrected chi connectivity index (χ0v) is 30.7. The molecule has 0 unspecified atom stereocenters. The van der Waals surface area contributed by atoms with Crippen LogP contribution in [-0.2, 0) is 0 Å². The van der Waals surface area contributed by atoms with Crippen LogP contribution in [0.25, 0.3) is 106 Å². The fraction of sp³-hybridized carbons (Fsp3) is 0. The van der Waals surface area contributed by atoms with Crippen molar-refractivity contribution in [3.63, 3.8) is 0 Å². The molecule has 0 aliphatic heterocycles. The summed E-state index contributed by atoms with van der Waals surface area (Å²) in [5, 5.41) is 17.7. The Bertz CT molecular complexity index is 3010. The van der Waals surface area contributed by atoms with Crippen molar-refractivity contribution in [2.24, 2.45) is 0 Å². The molecule has 0 fully saturated rings. The molecule has 0 bridgehead atoms. The average Bonchev–Trinajstić information content (AvgIpc) is 3.98. The molecule has 8 aromatic carbocycles. The fourth-order valence-electron chi connectivity index (χ4n) is 8.38. The number of thiophene rings is 2. The van der Waals surface area contributed by atoms with E-state index in [0.717, 1.165) is 0 Å². The van der Waals surface area contributed by atoms with Gasteiger partial charge in [-0.15, -0.1) is 0 Å². The Morgan fingerprint density at radius 2 is 0.784 bits per heavy atom. The molecule has 51 heavy (non-hydrogen) atoms. The van der Waals surface area contributed by atoms with E-state index in [9.17, 15) is 0 Å². The molecule has 3 aromatic heterocycles. The first-order valence-electron chi connectivity index (χ1n) is 17.2. The van der Waals surface area contributed by atoms with Crippen LogP contribution < -0.4 is 0 Å². The van der Waals surface area contributed by atoms with Crippen LogP contribution in [0.5, 0.6) is 0 Å². The Morgan fingerprint density at radius 3 is 1.25 bits per heavy atom. The van der Waals surface area contributed by atoms with Crippen molar-refractivity contribution >= 4 is 99.6 Å². The van der Waals surface area contributed by atoms with Crippen molar-refractivity contribution in [3.8, 4) is 43.1 Å². The fourth-order valence-corrected chi connectivity index (χ4v) is 12.5. The first-order chi connectivity index (χ1) is 25.3. The van der Waals surface area contributed by atoms with Gasteiger partial charge in [-0.25, -0.2) is 0 Å². The summed E-state index contributed by atoms with van der Waals surface area (Å²) in [5.41, 5.74) is 8.01. The molecule has 0 spiro atoms. The minimum atomic E-state index is 0.182. The van der Waals surface area contributed by atoms with Gasteiger partial charge in [0.15, 0.2) is 0 Å². The Balaban J connectivity index is 1.19. The molecule has 0 N–H and O–H groups in total. The second-order valence-corrected chi connectivity index (χ2v) is 17.2. The summed E-state index contributed by atoms with van der Waals surface area (Å²) in [5.74, 6) is 0. The van der Waals surface area contributed by atoms with Crippen LogP contribution in [0.1, 0.15) is 0 Å². The van der Waals surface area contributed by atoms with Gasteiger partial charge in [0.1, 0.15) is 0 Å². The van der Waals surface area contributed by atoms with Gasteiger partial charge in [-0.05, 0) is 0 Å². The van der Waals surface area contributed by atoms with Gasteiger partial charge < -0.3 is 0 Å². The number of fused-ring (bicyclic) bond motifs is 7. The molecule has 238 valence electrons. The van der Waals surface area contributed by atoms with E-state index < -0.39 is 0 Å². The Morgan fingerprint density at radius 1 is 0.333 bits per heavy atom. The van der Waals surface area contributed by atoms with E-state index in [2.05, 4.69) is 168 Å². The van der Waals surface area contributed by atoms with E-state index in [4.69, 9.17) is 0 Å². The second kappa shape index (κ2) is 11.6. The summed E-state index contributed by atoms with van der Waals surface area (Å²) >= 11 is 3.82. The molecule has 3 heteroatoms. The molecular formula is C48H28S2Se. The predicted octanol–water partition coefficient (Wildman–Crippen LogP) is 14.5. The average molecular weight is 748 g/mol. The van der Waals surface area contributed by atoms with Crippen molar-refractivity contribution in [2.45, 2.75) is 0 Å². The van der Waals surface area contributed by atoms with Crippen molar-refractivity contribution < 1.29 is 0 Å². The Kier molecular flexibility index (Phi) is 6.72. The molecule has 0 radical (unpaired) electrons. The second-order valence-electron chi connectivity index (χ2n) is 13.1. The summed E-state index contributed by atoms with van der Waals surface area (Å²) in [6, 6.07) is 59.2. The molecule has 0 aliphatic rings. The van der Waals surface area contributed by atoms with E-state index in [1.807, 2.05) is 22.7 Å². The summed E-state index contributed by atoms with van der Waals surface area (Å²) in [7, 11) is 0. The number of hydrogen-bond donors (Lipinski definition) is 0. The molecule has 0 aliphatic carbocycles. The molecule has 0 saturated heterocycles. The third-order valence-corrected chi connectivity index (χ3v) is 14.8. The summed E-state index contributed by atoms with van der Waals surface area (Å²) in [4.78, 5) is 2.63. The van der Waals surface area contributed by atoms with E-state index >= 15 is 0 Å². The first-order valence-corrected chi connectivity index (χ1v) is 20.7. The first kappa shape index (κ1) is 29.4. The minimum absolute atomic E-state index is 0.182. The van der Waals surface area contributed by atoms with Gasteiger partial charge in [0.05, 0.1) is 0 Å². The van der Waals surface area contributed by atoms with E-state index in [-0.39, 0.29) is 14.5 Å². The third kappa shape index (κ3) is 4.43. The summed E-state index contributed by atoms with van der Waals surface area (Å²) in [6.07, 6.45) is 0. The maximum atomic E-state index is 2.49. The molecular weight excluding hydrogens is 720 g/mol. The van der Waals surface area contributed by atoms with Crippen molar-refractivity contribution in [3.05, 3.63) is 168 Å². The van der Waals surface area contributed by atoms with Gasteiger partial charge in [0.2, 0.25) is 0 Å². The summed E-state index contributed by atoms with van der Waals surface area (Å²) in [6.45, 7) is 0. The van der Waals surface area contributed by atoms with E-state index in [1.165, 1.54) is 106 Å². The number of rotatable bonds is 4. The van der Waals surface area contributed by atoms with Crippen LogP contribution >= 0.6 is 22.7 Å². The molecule has 11 rings (SSSR count). The molecule has 0 amide bonds. The number of hydrogen-bond acceptors (Lipinski definition) is 2. The van der Waals surface area contributed by atoms with Crippen LogP contribution in [0.3, 0.4) is 0 Å². The molecule has 0 nitrogen and oxygen atoms in total. The van der Waals surface area contributed by atoms with Crippen LogP contribution in [0.15, 0.2) is 168 Å². The summed E-state index contributed by atoms with van der Waals surface area (Å²) < 4.78 is 2.94. The third-order valence-electron chi connectivity index (χ3n) is 10.5. The van der Waals surface area contributed by atoms with Gasteiger partial charge in [-0.2, -0.15) is 0 Å². The number of benzene rings is 8. The van der Waals surface area contributed by atoms with Gasteiger partial charge in [-0.3, -0.25) is 0 Å². The predicted molar refractivity (Wildman–Crippen MR) is 226 cm³/mol. The molecule has 0 saturated carbocycles. The zero-order chi connectivity index (χ0) is 33.5. The maximum absolute atomic E-state index is 2.49. The van der Waals surface area contributed by atoms with Crippen LogP contribution in [0.2, 0.25) is 0 Å². The van der Waals surface area contributed by atoms with Crippen molar-refractivity contribution in [1.82, 2.24) is 0 Å². The molecule has 3 heterocycles. The van der Waals surface area contributed by atoms with Crippen LogP contribution in [-0.4, -0.2) is 14.5 Å². The zero-order valence-electron chi connectivity index (χ0n) is 27.4. The van der Waals surface area contributed by atoms with E-state index in [1.54, 1.807) is 0 Å². The van der Waals surface area contributed by atoms with Gasteiger partial charge in [0.25, 0.3) is 0 Å². The Hall–Kier alpha value is -5.28. The quantitative estimate of drug-likeness (QED) is 0.124. The van der Waals surface area contributed by atoms with Crippen molar-refractivity contribution in [1.29, 1.82) is 0 Å². The molecule has 11 aromatic rings. The van der Waals surface area contributed by atoms with Gasteiger partial charge in [-0.1, -0.05) is 0 Å². The van der Waals surface area contributed by atoms with Crippen LogP contribution in [0, 0.1) is 0 Å². The SMILES string of the molecule is c1csc(-c2c3ccccc3c(-c3ccc4[se]c5c(-c6c7ccccc7c(-c7cccs7)c7ccccc67)cccc5c4c3)c3ccccc23)c1. The normalized spacial score (nSPS) is 11.9. The van der Waals surface area contributed by atoms with Gasteiger partial charge in [0, 0.05) is 0 Å². The van der Waals surface area contributed by atoms with Crippen LogP contribution in [0.4, 0.5) is 0 Å². The monoisotopic (exact) mass is 748 g/mol. The van der Waals surface area contributed by atoms with Gasteiger partial charge >= 0.3 is 311 Å². The van der Waals surface area contributed by atoms with Crippen molar-refractivity contribution in [2.75, 3.05) is 0 Å². The van der Waals surface area contributed by atoms with E-state index in [0.29, 0.717) is 0 Å². The standard InChI is InChI=1S/C48H28S2Se/c1-5-16-34-30(12-1)44(31-13-2-6-17-35(31)46(34)41-22-10-26-49-41)29-24-25-43-40(28-29)38-20-9-21-39(48(38)51-43)45-32-14-3-7-18-36(32)47(42-23-11-27-50-42)37-19-8-4-15-33(37)45/h1-28H.